The molecule has 0 amide bonds. The highest BCUT2D eigenvalue weighted by Crippen LogP contribution is 2.67. The van der Waals surface area contributed by atoms with Crippen molar-refractivity contribution in [2.24, 2.45) is 0 Å². The van der Waals surface area contributed by atoms with Crippen LogP contribution in [0, 0.1) is 0 Å². The smallest absolute Gasteiger partial charge is 0.396 e. The van der Waals surface area contributed by atoms with Gasteiger partial charge in [0, 0.05) is 13.0 Å². The zero-order valence-electron chi connectivity index (χ0n) is 14.8. The van der Waals surface area contributed by atoms with Gasteiger partial charge in [0.15, 0.2) is 0 Å². The molecule has 206 valence electrons. The largest absolute Gasteiger partial charge is 0.438 e. The van der Waals surface area contributed by atoms with Crippen LogP contribution < -0.4 is 0 Å². The number of aliphatic hydroxyl groups is 1. The number of alkyl halides is 21. The van der Waals surface area contributed by atoms with E-state index < -0.39 is 72.5 Å². The van der Waals surface area contributed by atoms with Crippen molar-refractivity contribution in [2.45, 2.75) is 65.9 Å². The van der Waals surface area contributed by atoms with Crippen LogP contribution in [0.1, 0.15) is 6.42 Å². The van der Waals surface area contributed by atoms with Gasteiger partial charge in [0.25, 0.3) is 0 Å². The summed E-state index contributed by atoms with van der Waals surface area (Å²) in [6, 6.07) is 0. The van der Waals surface area contributed by atoms with E-state index in [1.165, 1.54) is 0 Å². The molecule has 0 aliphatic heterocycles. The van der Waals surface area contributed by atoms with Crippen molar-refractivity contribution in [2.75, 3.05) is 6.61 Å². The van der Waals surface area contributed by atoms with Crippen LogP contribution in [-0.2, 0) is 0 Å². The van der Waals surface area contributed by atoms with Crippen LogP contribution in [-0.4, -0.2) is 71.2 Å². The molecule has 0 unspecified atom stereocenters. The molecule has 0 saturated carbocycles. The second-order valence-corrected chi connectivity index (χ2v) is 6.28. The van der Waals surface area contributed by atoms with Gasteiger partial charge < -0.3 is 5.11 Å². The summed E-state index contributed by atoms with van der Waals surface area (Å²) in [7, 11) is 0. The minimum absolute atomic E-state index is 2.32. The molecule has 1 N–H and O–H groups in total. The number of halogens is 21. The number of aliphatic hydroxyl groups excluding tert-OH is 1. The fourth-order valence-electron chi connectivity index (χ4n) is 2.05. The Bertz CT molecular complexity index is 713. The maximum absolute atomic E-state index is 13.4. The first-order chi connectivity index (χ1) is 14.3. The highest BCUT2D eigenvalue weighted by molar-refractivity contribution is 5.19. The predicted molar refractivity (Wildman–Crippen MR) is 62.3 cm³/mol. The molecule has 34 heavy (non-hydrogen) atoms. The lowest BCUT2D eigenvalue weighted by molar-refractivity contribution is -0.477. The fraction of sp³-hybridized carbons (Fsp3) is 1.00. The average Bonchev–Trinajstić information content (AvgIpc) is 2.57. The van der Waals surface area contributed by atoms with Gasteiger partial charge in [-0.25, -0.2) is 4.39 Å². The van der Waals surface area contributed by atoms with Gasteiger partial charge in [-0.15, -0.1) is 0 Å². The molecule has 0 aliphatic rings. The fourth-order valence-corrected chi connectivity index (χ4v) is 2.05. The van der Waals surface area contributed by atoms with E-state index in [9.17, 15) is 92.2 Å². The quantitative estimate of drug-likeness (QED) is 0.311. The number of hydrogen-bond donors (Lipinski definition) is 1. The highest BCUT2D eigenvalue weighted by atomic mass is 19.4. The summed E-state index contributed by atoms with van der Waals surface area (Å²) >= 11 is 0. The third-order valence-corrected chi connectivity index (χ3v) is 4.07. The Hall–Kier alpha value is -1.51. The van der Waals surface area contributed by atoms with Crippen LogP contribution in [0.4, 0.5) is 92.2 Å². The van der Waals surface area contributed by atoms with Gasteiger partial charge in [0.1, 0.15) is 0 Å². The summed E-state index contributed by atoms with van der Waals surface area (Å²) in [4.78, 5) is 0. The Labute approximate surface area is 171 Å². The minimum Gasteiger partial charge on any atom is -0.396 e. The standard InChI is InChI=1S/C12H5F21O/c13-3(14,1-2-34)5(16,17)7(20,21)9(24,25)10(26,27)8(22,23)6(18,19)4(15,11(28,29)30)12(31,32)33/h34H,1-2H2. The first-order valence-corrected chi connectivity index (χ1v) is 7.39. The predicted octanol–water partition coefficient (Wildman–Crippen LogP) is 6.65. The van der Waals surface area contributed by atoms with Crippen molar-refractivity contribution in [3.8, 4) is 0 Å². The molecule has 22 heteroatoms. The summed E-state index contributed by atoms with van der Waals surface area (Å²) in [6.07, 6.45) is -19.8. The van der Waals surface area contributed by atoms with E-state index in [4.69, 9.17) is 5.11 Å². The van der Waals surface area contributed by atoms with Crippen molar-refractivity contribution >= 4 is 0 Å². The van der Waals surface area contributed by atoms with E-state index in [0.29, 0.717) is 0 Å². The van der Waals surface area contributed by atoms with Crippen LogP contribution in [0.25, 0.3) is 0 Å². The first kappa shape index (κ1) is 32.5. The monoisotopic (exact) mass is 564 g/mol. The van der Waals surface area contributed by atoms with Crippen molar-refractivity contribution in [3.63, 3.8) is 0 Å². The molecule has 0 radical (unpaired) electrons. The van der Waals surface area contributed by atoms with Crippen molar-refractivity contribution in [1.82, 2.24) is 0 Å². The topological polar surface area (TPSA) is 20.2 Å². The third-order valence-electron chi connectivity index (χ3n) is 4.07. The minimum atomic E-state index is -9.27. The Kier molecular flexibility index (Phi) is 7.65. The molecule has 0 saturated heterocycles. The van der Waals surface area contributed by atoms with Crippen molar-refractivity contribution < 1.29 is 97.3 Å². The molecule has 0 fully saturated rings. The van der Waals surface area contributed by atoms with Crippen LogP contribution in [0.5, 0.6) is 0 Å². The Morgan fingerprint density at radius 2 is 0.588 bits per heavy atom. The maximum Gasteiger partial charge on any atom is 0.438 e. The average molecular weight is 564 g/mol. The lowest BCUT2D eigenvalue weighted by atomic mass is 9.83. The SMILES string of the molecule is OCCC(F)(F)C(F)(F)C(F)(F)C(F)(F)C(F)(F)C(F)(F)C(F)(F)C(F)(C(F)(F)F)C(F)(F)F. The van der Waals surface area contributed by atoms with E-state index in [2.05, 4.69) is 0 Å². The maximum atomic E-state index is 13.4. The summed E-state index contributed by atoms with van der Waals surface area (Å²) in [5, 5.41) is 8.00. The van der Waals surface area contributed by atoms with Gasteiger partial charge in [0.2, 0.25) is 0 Å². The lowest BCUT2D eigenvalue weighted by Gasteiger charge is -2.45. The molecule has 0 aromatic rings. The van der Waals surface area contributed by atoms with E-state index >= 15 is 0 Å². The van der Waals surface area contributed by atoms with Crippen LogP contribution >= 0.6 is 0 Å². The van der Waals surface area contributed by atoms with E-state index in [0.717, 1.165) is 0 Å². The third kappa shape index (κ3) is 3.80. The van der Waals surface area contributed by atoms with Gasteiger partial charge in [-0.05, 0) is 0 Å². The molecule has 1 nitrogen and oxygen atoms in total. The van der Waals surface area contributed by atoms with Crippen molar-refractivity contribution in [3.05, 3.63) is 0 Å². The molecule has 0 rings (SSSR count). The van der Waals surface area contributed by atoms with E-state index in [-0.39, 0.29) is 0 Å². The van der Waals surface area contributed by atoms with Gasteiger partial charge in [-0.1, -0.05) is 0 Å². The Morgan fingerprint density at radius 3 is 0.824 bits per heavy atom. The summed E-state index contributed by atoms with van der Waals surface area (Å²) in [5.74, 6) is -60.1. The normalized spacial score (nSPS) is 16.8. The molecular formula is C12H5F21O. The van der Waals surface area contributed by atoms with Gasteiger partial charge in [-0.2, -0.15) is 87.8 Å². The first-order valence-electron chi connectivity index (χ1n) is 7.39. The second kappa shape index (κ2) is 8.00. The van der Waals surface area contributed by atoms with Crippen molar-refractivity contribution in [1.29, 1.82) is 0 Å². The molecule has 0 bridgehead atoms. The number of rotatable bonds is 9. The van der Waals surface area contributed by atoms with Gasteiger partial charge >= 0.3 is 59.5 Å². The molecule has 0 aliphatic carbocycles. The zero-order chi connectivity index (χ0) is 28.4. The van der Waals surface area contributed by atoms with E-state index in [1.807, 2.05) is 0 Å². The molecule has 0 atom stereocenters. The van der Waals surface area contributed by atoms with Gasteiger partial charge in [-0.3, -0.25) is 0 Å². The lowest BCUT2D eigenvalue weighted by Crippen LogP contribution is -2.78. The summed E-state index contributed by atoms with van der Waals surface area (Å²) in [5.41, 5.74) is -8.89. The van der Waals surface area contributed by atoms with Crippen LogP contribution in [0.15, 0.2) is 0 Å². The van der Waals surface area contributed by atoms with Gasteiger partial charge in [0.05, 0.1) is 0 Å². The second-order valence-electron chi connectivity index (χ2n) is 6.28. The molecule has 0 aromatic heterocycles. The Morgan fingerprint density at radius 1 is 0.353 bits per heavy atom. The molecule has 0 heterocycles. The van der Waals surface area contributed by atoms with Crippen LogP contribution in [0.3, 0.4) is 0 Å². The highest BCUT2D eigenvalue weighted by Gasteiger charge is 2.99. The molecule has 0 aromatic carbocycles. The number of hydrogen-bond acceptors (Lipinski definition) is 1. The summed E-state index contributed by atoms with van der Waals surface area (Å²) in [6.45, 7) is -2.32. The molecular weight excluding hydrogens is 559 g/mol. The Balaban J connectivity index is 7.19. The van der Waals surface area contributed by atoms with E-state index in [1.54, 1.807) is 0 Å². The molecule has 0 spiro atoms. The zero-order valence-corrected chi connectivity index (χ0v) is 14.8. The van der Waals surface area contributed by atoms with Crippen LogP contribution in [0.2, 0.25) is 0 Å². The summed E-state index contributed by atoms with van der Waals surface area (Å²) < 4.78 is 273.